The standard InChI is InChI=1S/C26H30N2O3S/c1-17-10-12-21(15-18(17)2)28(24(29)16-22-9-6-14-32-22)25(23-13-11-19(3)31-23)26(30)27-20-7-4-5-8-20/h6,9-15,20,25H,4-5,7-8,16H2,1-3H3,(H,27,30). The Morgan fingerprint density at radius 2 is 1.88 bits per heavy atom. The molecule has 0 aliphatic heterocycles. The Hall–Kier alpha value is -2.86. The van der Waals surface area contributed by atoms with Crippen LogP contribution in [0.25, 0.3) is 0 Å². The van der Waals surface area contributed by atoms with E-state index in [2.05, 4.69) is 5.32 Å². The Balaban J connectivity index is 1.76. The summed E-state index contributed by atoms with van der Waals surface area (Å²) >= 11 is 1.54. The Morgan fingerprint density at radius 1 is 1.09 bits per heavy atom. The molecule has 1 N–H and O–H groups in total. The molecule has 1 aliphatic rings. The van der Waals surface area contributed by atoms with Gasteiger partial charge in [0.05, 0.1) is 6.42 Å². The minimum absolute atomic E-state index is 0.128. The predicted molar refractivity (Wildman–Crippen MR) is 128 cm³/mol. The summed E-state index contributed by atoms with van der Waals surface area (Å²) in [7, 11) is 0. The Kier molecular flexibility index (Phi) is 6.80. The van der Waals surface area contributed by atoms with Gasteiger partial charge in [0.25, 0.3) is 5.91 Å². The summed E-state index contributed by atoms with van der Waals surface area (Å²) in [5.41, 5.74) is 2.91. The third-order valence-corrected chi connectivity index (χ3v) is 7.06. The van der Waals surface area contributed by atoms with Gasteiger partial charge < -0.3 is 9.73 Å². The van der Waals surface area contributed by atoms with Crippen molar-refractivity contribution in [3.8, 4) is 0 Å². The summed E-state index contributed by atoms with van der Waals surface area (Å²) in [6.07, 6.45) is 4.42. The van der Waals surface area contributed by atoms with Crippen molar-refractivity contribution < 1.29 is 14.0 Å². The van der Waals surface area contributed by atoms with Gasteiger partial charge in [-0.25, -0.2) is 0 Å². The molecule has 0 bridgehead atoms. The first-order valence-electron chi connectivity index (χ1n) is 11.2. The molecule has 1 unspecified atom stereocenters. The normalized spacial score (nSPS) is 15.0. The van der Waals surface area contributed by atoms with E-state index in [1.807, 2.05) is 62.5 Å². The van der Waals surface area contributed by atoms with Gasteiger partial charge in [0.2, 0.25) is 5.91 Å². The van der Waals surface area contributed by atoms with Crippen molar-refractivity contribution in [2.24, 2.45) is 0 Å². The van der Waals surface area contributed by atoms with Gasteiger partial charge in [0, 0.05) is 16.6 Å². The van der Waals surface area contributed by atoms with Gasteiger partial charge in [-0.3, -0.25) is 14.5 Å². The molecule has 1 fully saturated rings. The van der Waals surface area contributed by atoms with E-state index >= 15 is 0 Å². The second-order valence-corrected chi connectivity index (χ2v) is 9.66. The number of aryl methyl sites for hydroxylation is 3. The number of furan rings is 1. The molecule has 0 radical (unpaired) electrons. The lowest BCUT2D eigenvalue weighted by Gasteiger charge is -2.31. The molecule has 4 rings (SSSR count). The highest BCUT2D eigenvalue weighted by Crippen LogP contribution is 2.32. The van der Waals surface area contributed by atoms with E-state index < -0.39 is 6.04 Å². The summed E-state index contributed by atoms with van der Waals surface area (Å²) in [5, 5.41) is 5.15. The Bertz CT molecular complexity index is 1080. The SMILES string of the molecule is Cc1ccc(C(C(=O)NC2CCCC2)N(C(=O)Cc2cccs2)c2ccc(C)c(C)c2)o1. The molecule has 3 aromatic rings. The zero-order valence-electron chi connectivity index (χ0n) is 18.9. The molecule has 0 saturated heterocycles. The average Bonchev–Trinajstić information content (AvgIpc) is 3.52. The molecule has 5 nitrogen and oxygen atoms in total. The monoisotopic (exact) mass is 450 g/mol. The number of thiophene rings is 1. The van der Waals surface area contributed by atoms with Crippen molar-refractivity contribution in [2.75, 3.05) is 4.90 Å². The zero-order chi connectivity index (χ0) is 22.7. The molecule has 32 heavy (non-hydrogen) atoms. The van der Waals surface area contributed by atoms with Gasteiger partial charge in [-0.15, -0.1) is 11.3 Å². The first kappa shape index (κ1) is 22.3. The molecule has 1 saturated carbocycles. The van der Waals surface area contributed by atoms with Crippen molar-refractivity contribution in [3.05, 3.63) is 75.4 Å². The first-order valence-corrected chi connectivity index (χ1v) is 12.1. The van der Waals surface area contributed by atoms with Crippen molar-refractivity contribution in [1.82, 2.24) is 5.32 Å². The van der Waals surface area contributed by atoms with E-state index in [1.165, 1.54) is 0 Å². The van der Waals surface area contributed by atoms with E-state index in [0.29, 0.717) is 17.2 Å². The summed E-state index contributed by atoms with van der Waals surface area (Å²) in [5.74, 6) is 0.875. The number of nitrogens with zero attached hydrogens (tertiary/aromatic N) is 1. The maximum Gasteiger partial charge on any atom is 0.251 e. The molecule has 2 aromatic heterocycles. The largest absolute Gasteiger partial charge is 0.464 e. The quantitative estimate of drug-likeness (QED) is 0.506. The molecule has 1 aromatic carbocycles. The van der Waals surface area contributed by atoms with Crippen LogP contribution in [0.3, 0.4) is 0 Å². The average molecular weight is 451 g/mol. The van der Waals surface area contributed by atoms with Crippen molar-refractivity contribution in [3.63, 3.8) is 0 Å². The van der Waals surface area contributed by atoms with Crippen molar-refractivity contribution in [2.45, 2.75) is 65.0 Å². The number of amides is 2. The molecule has 6 heteroatoms. The lowest BCUT2D eigenvalue weighted by atomic mass is 10.0. The third kappa shape index (κ3) is 4.96. The fraction of sp³-hybridized carbons (Fsp3) is 0.385. The van der Waals surface area contributed by atoms with Gasteiger partial charge in [0.15, 0.2) is 6.04 Å². The fourth-order valence-corrected chi connectivity index (χ4v) is 4.98. The molecule has 2 heterocycles. The molecular formula is C26H30N2O3S. The maximum atomic E-state index is 13.7. The number of hydrogen-bond donors (Lipinski definition) is 1. The van der Waals surface area contributed by atoms with Crippen LogP contribution in [-0.4, -0.2) is 17.9 Å². The highest BCUT2D eigenvalue weighted by Gasteiger charge is 2.36. The van der Waals surface area contributed by atoms with Crippen LogP contribution in [0.1, 0.15) is 59.2 Å². The van der Waals surface area contributed by atoms with Crippen molar-refractivity contribution >= 4 is 28.8 Å². The zero-order valence-corrected chi connectivity index (χ0v) is 19.7. The number of anilines is 1. The maximum absolute atomic E-state index is 13.7. The van der Waals surface area contributed by atoms with E-state index in [4.69, 9.17) is 4.42 Å². The third-order valence-electron chi connectivity index (χ3n) is 6.18. The number of carbonyl (C=O) groups is 2. The van der Waals surface area contributed by atoms with Gasteiger partial charge >= 0.3 is 0 Å². The van der Waals surface area contributed by atoms with Gasteiger partial charge in [-0.2, -0.15) is 0 Å². The van der Waals surface area contributed by atoms with E-state index in [9.17, 15) is 9.59 Å². The second-order valence-electron chi connectivity index (χ2n) is 8.63. The number of benzene rings is 1. The Labute approximate surface area is 193 Å². The number of hydrogen-bond acceptors (Lipinski definition) is 4. The van der Waals surface area contributed by atoms with Crippen LogP contribution in [0.4, 0.5) is 5.69 Å². The molecule has 0 spiro atoms. The predicted octanol–water partition coefficient (Wildman–Crippen LogP) is 5.64. The molecule has 1 atom stereocenters. The van der Waals surface area contributed by atoms with E-state index in [0.717, 1.165) is 41.7 Å². The van der Waals surface area contributed by atoms with Gasteiger partial charge in [-0.05, 0) is 80.5 Å². The second kappa shape index (κ2) is 9.74. The van der Waals surface area contributed by atoms with Crippen LogP contribution in [0, 0.1) is 20.8 Å². The molecule has 168 valence electrons. The van der Waals surface area contributed by atoms with Crippen LogP contribution in [0.5, 0.6) is 0 Å². The summed E-state index contributed by atoms with van der Waals surface area (Å²) < 4.78 is 5.92. The van der Waals surface area contributed by atoms with Crippen LogP contribution < -0.4 is 10.2 Å². The minimum Gasteiger partial charge on any atom is -0.464 e. The van der Waals surface area contributed by atoms with Crippen LogP contribution in [0.15, 0.2) is 52.3 Å². The topological polar surface area (TPSA) is 62.6 Å². The highest BCUT2D eigenvalue weighted by molar-refractivity contribution is 7.10. The smallest absolute Gasteiger partial charge is 0.251 e. The highest BCUT2D eigenvalue weighted by atomic mass is 32.1. The van der Waals surface area contributed by atoms with Gasteiger partial charge in [-0.1, -0.05) is 25.0 Å². The number of nitrogens with one attached hydrogen (secondary N) is 1. The summed E-state index contributed by atoms with van der Waals surface area (Å²) in [4.78, 5) is 29.9. The van der Waals surface area contributed by atoms with Crippen LogP contribution in [0.2, 0.25) is 0 Å². The number of carbonyl (C=O) groups excluding carboxylic acids is 2. The van der Waals surface area contributed by atoms with E-state index in [1.54, 1.807) is 22.3 Å². The summed E-state index contributed by atoms with van der Waals surface area (Å²) in [6.45, 7) is 5.91. The fourth-order valence-electron chi connectivity index (χ4n) is 4.28. The first-order chi connectivity index (χ1) is 15.4. The lowest BCUT2D eigenvalue weighted by Crippen LogP contribution is -2.46. The van der Waals surface area contributed by atoms with Crippen LogP contribution in [-0.2, 0) is 16.0 Å². The molecule has 2 amide bonds. The minimum atomic E-state index is -0.862. The number of rotatable bonds is 7. The van der Waals surface area contributed by atoms with Crippen molar-refractivity contribution in [1.29, 1.82) is 0 Å². The van der Waals surface area contributed by atoms with Gasteiger partial charge in [0.1, 0.15) is 11.5 Å². The summed E-state index contributed by atoms with van der Waals surface area (Å²) in [6, 6.07) is 12.7. The molecular weight excluding hydrogens is 420 g/mol. The Morgan fingerprint density at radius 3 is 2.50 bits per heavy atom. The van der Waals surface area contributed by atoms with E-state index in [-0.39, 0.29) is 24.3 Å². The van der Waals surface area contributed by atoms with Crippen LogP contribution >= 0.6 is 11.3 Å². The lowest BCUT2D eigenvalue weighted by molar-refractivity contribution is -0.127. The molecule has 1 aliphatic carbocycles.